The molecule has 100 valence electrons. The first-order valence-corrected chi connectivity index (χ1v) is 7.45. The Morgan fingerprint density at radius 1 is 0.947 bits per heavy atom. The molecule has 0 fully saturated rings. The van der Waals surface area contributed by atoms with E-state index in [9.17, 15) is 0 Å². The number of alkyl halides is 1. The Hall–Kier alpha value is -1.28. The Labute approximate surface area is 123 Å². The quantitative estimate of drug-likeness (QED) is 0.698. The van der Waals surface area contributed by atoms with Gasteiger partial charge in [0.05, 0.1) is 10.9 Å². The lowest BCUT2D eigenvalue weighted by molar-refractivity contribution is 0.242. The third-order valence-electron chi connectivity index (χ3n) is 2.89. The smallest absolute Gasteiger partial charge is 0.120 e. The third kappa shape index (κ3) is 3.84. The van der Waals surface area contributed by atoms with Crippen LogP contribution in [0.15, 0.2) is 48.5 Å². The summed E-state index contributed by atoms with van der Waals surface area (Å²) >= 11 is 3.76. The molecule has 0 saturated carbocycles. The average Bonchev–Trinajstić information content (AvgIpc) is 2.38. The molecule has 2 aromatic carbocycles. The van der Waals surface area contributed by atoms with E-state index < -0.39 is 0 Å². The highest BCUT2D eigenvalue weighted by Crippen LogP contribution is 2.32. The fraction of sp³-hybridized carbons (Fsp3) is 0.294. The second-order valence-electron chi connectivity index (χ2n) is 5.01. The first-order valence-electron chi connectivity index (χ1n) is 6.53. The summed E-state index contributed by atoms with van der Waals surface area (Å²) in [7, 11) is 0. The van der Waals surface area contributed by atoms with Gasteiger partial charge in [0, 0.05) is 0 Å². The minimum Gasteiger partial charge on any atom is -0.491 e. The molecule has 1 nitrogen and oxygen atoms in total. The molecule has 0 spiro atoms. The van der Waals surface area contributed by atoms with Crippen LogP contribution in [0.25, 0.3) is 0 Å². The SMILES string of the molecule is Cc1ccc(C(Br)c2cccc(OC(C)C)c2)cc1. The van der Waals surface area contributed by atoms with Crippen molar-refractivity contribution in [2.75, 3.05) is 0 Å². The predicted octanol–water partition coefficient (Wildman–Crippen LogP) is 5.27. The maximum absolute atomic E-state index is 5.74. The highest BCUT2D eigenvalue weighted by Gasteiger charge is 2.11. The molecule has 2 rings (SSSR count). The third-order valence-corrected chi connectivity index (χ3v) is 3.95. The van der Waals surface area contributed by atoms with Crippen LogP contribution in [0, 0.1) is 6.92 Å². The molecule has 0 aliphatic rings. The van der Waals surface area contributed by atoms with Crippen molar-refractivity contribution in [3.63, 3.8) is 0 Å². The molecular formula is C17H19BrO. The van der Waals surface area contributed by atoms with Gasteiger partial charge in [0.2, 0.25) is 0 Å². The highest BCUT2D eigenvalue weighted by atomic mass is 79.9. The zero-order chi connectivity index (χ0) is 13.8. The van der Waals surface area contributed by atoms with E-state index in [0.717, 1.165) is 5.75 Å². The van der Waals surface area contributed by atoms with Gasteiger partial charge in [0.25, 0.3) is 0 Å². The summed E-state index contributed by atoms with van der Waals surface area (Å²) in [5.41, 5.74) is 3.75. The van der Waals surface area contributed by atoms with Crippen LogP contribution in [-0.4, -0.2) is 6.10 Å². The first-order chi connectivity index (χ1) is 9.06. The van der Waals surface area contributed by atoms with E-state index in [-0.39, 0.29) is 10.9 Å². The fourth-order valence-corrected chi connectivity index (χ4v) is 2.54. The van der Waals surface area contributed by atoms with E-state index in [1.807, 2.05) is 26.0 Å². The summed E-state index contributed by atoms with van der Waals surface area (Å²) < 4.78 is 5.74. The monoisotopic (exact) mass is 318 g/mol. The van der Waals surface area contributed by atoms with Gasteiger partial charge in [-0.15, -0.1) is 0 Å². The summed E-state index contributed by atoms with van der Waals surface area (Å²) in [6.45, 7) is 6.18. The standard InChI is InChI=1S/C17H19BrO/c1-12(2)19-16-6-4-5-15(11-16)17(18)14-9-7-13(3)8-10-14/h4-12,17H,1-3H3. The fourth-order valence-electron chi connectivity index (χ4n) is 1.95. The van der Waals surface area contributed by atoms with Gasteiger partial charge in [-0.3, -0.25) is 0 Å². The number of benzene rings is 2. The van der Waals surface area contributed by atoms with Crippen molar-refractivity contribution < 1.29 is 4.74 Å². The molecule has 19 heavy (non-hydrogen) atoms. The number of rotatable bonds is 4. The maximum Gasteiger partial charge on any atom is 0.120 e. The molecule has 0 aliphatic heterocycles. The van der Waals surface area contributed by atoms with Crippen LogP contribution < -0.4 is 4.74 Å². The number of hydrogen-bond donors (Lipinski definition) is 0. The van der Waals surface area contributed by atoms with E-state index in [2.05, 4.69) is 59.3 Å². The van der Waals surface area contributed by atoms with Crippen molar-refractivity contribution in [2.24, 2.45) is 0 Å². The Kier molecular flexibility index (Phi) is 4.65. The molecular weight excluding hydrogens is 300 g/mol. The Morgan fingerprint density at radius 2 is 1.63 bits per heavy atom. The van der Waals surface area contributed by atoms with Gasteiger partial charge in [-0.25, -0.2) is 0 Å². The summed E-state index contributed by atoms with van der Waals surface area (Å²) in [6, 6.07) is 16.8. The molecule has 0 heterocycles. The number of aryl methyl sites for hydroxylation is 1. The van der Waals surface area contributed by atoms with Crippen molar-refractivity contribution in [1.29, 1.82) is 0 Å². The number of hydrogen-bond acceptors (Lipinski definition) is 1. The molecule has 0 saturated heterocycles. The van der Waals surface area contributed by atoms with Crippen LogP contribution in [0.3, 0.4) is 0 Å². The van der Waals surface area contributed by atoms with E-state index in [1.54, 1.807) is 0 Å². The zero-order valence-electron chi connectivity index (χ0n) is 11.6. The molecule has 0 aliphatic carbocycles. The van der Waals surface area contributed by atoms with Crippen LogP contribution in [0.1, 0.15) is 35.4 Å². The maximum atomic E-state index is 5.74. The molecule has 0 aromatic heterocycles. The van der Waals surface area contributed by atoms with Crippen molar-refractivity contribution in [3.8, 4) is 5.75 Å². The van der Waals surface area contributed by atoms with Gasteiger partial charge < -0.3 is 4.74 Å². The zero-order valence-corrected chi connectivity index (χ0v) is 13.1. The largest absolute Gasteiger partial charge is 0.491 e. The molecule has 2 heteroatoms. The molecule has 0 N–H and O–H groups in total. The summed E-state index contributed by atoms with van der Waals surface area (Å²) in [5.74, 6) is 0.920. The van der Waals surface area contributed by atoms with E-state index in [4.69, 9.17) is 4.74 Å². The topological polar surface area (TPSA) is 9.23 Å². The summed E-state index contributed by atoms with van der Waals surface area (Å²) in [6.07, 6.45) is 0.198. The lowest BCUT2D eigenvalue weighted by atomic mass is 10.0. The Morgan fingerprint density at radius 3 is 2.26 bits per heavy atom. The van der Waals surface area contributed by atoms with Gasteiger partial charge in [-0.2, -0.15) is 0 Å². The van der Waals surface area contributed by atoms with Gasteiger partial charge in [0.1, 0.15) is 5.75 Å². The second-order valence-corrected chi connectivity index (χ2v) is 5.93. The van der Waals surface area contributed by atoms with Crippen molar-refractivity contribution >= 4 is 15.9 Å². The molecule has 1 atom stereocenters. The normalized spacial score (nSPS) is 12.5. The molecule has 1 unspecified atom stereocenters. The van der Waals surface area contributed by atoms with Crippen LogP contribution in [0.5, 0.6) is 5.75 Å². The number of halogens is 1. The van der Waals surface area contributed by atoms with E-state index in [0.29, 0.717) is 0 Å². The van der Waals surface area contributed by atoms with Gasteiger partial charge in [-0.05, 0) is 44.0 Å². The Balaban J connectivity index is 2.23. The predicted molar refractivity (Wildman–Crippen MR) is 84.2 cm³/mol. The van der Waals surface area contributed by atoms with Crippen LogP contribution >= 0.6 is 15.9 Å². The summed E-state index contributed by atoms with van der Waals surface area (Å²) in [5, 5.41) is 0. The highest BCUT2D eigenvalue weighted by molar-refractivity contribution is 9.09. The van der Waals surface area contributed by atoms with Crippen molar-refractivity contribution in [3.05, 3.63) is 65.2 Å². The molecule has 0 amide bonds. The lowest BCUT2D eigenvalue weighted by Gasteiger charge is -2.14. The molecule has 0 bridgehead atoms. The molecule has 0 radical (unpaired) electrons. The van der Waals surface area contributed by atoms with E-state index >= 15 is 0 Å². The van der Waals surface area contributed by atoms with Crippen LogP contribution in [0.4, 0.5) is 0 Å². The minimum absolute atomic E-state index is 0.198. The first kappa shape index (κ1) is 14.1. The minimum atomic E-state index is 0.198. The summed E-state index contributed by atoms with van der Waals surface area (Å²) in [4.78, 5) is 0.198. The Bertz CT molecular complexity index is 531. The van der Waals surface area contributed by atoms with Gasteiger partial charge >= 0.3 is 0 Å². The van der Waals surface area contributed by atoms with Crippen LogP contribution in [0.2, 0.25) is 0 Å². The van der Waals surface area contributed by atoms with Crippen molar-refractivity contribution in [2.45, 2.75) is 31.7 Å². The second kappa shape index (κ2) is 6.25. The lowest BCUT2D eigenvalue weighted by Crippen LogP contribution is -2.05. The van der Waals surface area contributed by atoms with Gasteiger partial charge in [0.15, 0.2) is 0 Å². The van der Waals surface area contributed by atoms with Crippen molar-refractivity contribution in [1.82, 2.24) is 0 Å². The average molecular weight is 319 g/mol. The van der Waals surface area contributed by atoms with E-state index in [1.165, 1.54) is 16.7 Å². The van der Waals surface area contributed by atoms with Gasteiger partial charge in [-0.1, -0.05) is 57.9 Å². The number of ether oxygens (including phenoxy) is 1. The molecule has 2 aromatic rings. The van der Waals surface area contributed by atoms with Crippen LogP contribution in [-0.2, 0) is 0 Å².